The summed E-state index contributed by atoms with van der Waals surface area (Å²) >= 11 is 0. The van der Waals surface area contributed by atoms with E-state index in [4.69, 9.17) is 4.74 Å². The van der Waals surface area contributed by atoms with E-state index in [-0.39, 0.29) is 11.6 Å². The van der Waals surface area contributed by atoms with Crippen LogP contribution in [0.5, 0.6) is 5.75 Å². The van der Waals surface area contributed by atoms with Crippen LogP contribution in [0.2, 0.25) is 0 Å². The van der Waals surface area contributed by atoms with E-state index in [0.717, 1.165) is 11.3 Å². The number of anilines is 1. The highest BCUT2D eigenvalue weighted by atomic mass is 16.5. The minimum atomic E-state index is -0.540. The fourth-order valence-electron chi connectivity index (χ4n) is 2.52. The second-order valence-corrected chi connectivity index (χ2v) is 5.82. The Kier molecular flexibility index (Phi) is 5.91. The number of methoxy groups -OCH3 is 2. The van der Waals surface area contributed by atoms with E-state index in [0.29, 0.717) is 18.0 Å². The number of hydrogen-bond donors (Lipinski definition) is 2. The van der Waals surface area contributed by atoms with E-state index >= 15 is 0 Å². The molecule has 3 rings (SSSR count). The Morgan fingerprint density at radius 1 is 1.04 bits per heavy atom. The molecule has 0 aliphatic heterocycles. The summed E-state index contributed by atoms with van der Waals surface area (Å²) in [5, 5.41) is 9.72. The normalized spacial score (nSPS) is 10.2. The van der Waals surface area contributed by atoms with Gasteiger partial charge in [0.1, 0.15) is 0 Å². The van der Waals surface area contributed by atoms with E-state index in [1.807, 2.05) is 30.3 Å². The van der Waals surface area contributed by atoms with Crippen molar-refractivity contribution in [1.29, 1.82) is 0 Å². The van der Waals surface area contributed by atoms with Crippen LogP contribution in [0.3, 0.4) is 0 Å². The zero-order valence-electron chi connectivity index (χ0n) is 15.5. The lowest BCUT2D eigenvalue weighted by Crippen LogP contribution is -2.24. The zero-order chi connectivity index (χ0) is 19.9. The van der Waals surface area contributed by atoms with Crippen LogP contribution in [-0.4, -0.2) is 36.0 Å². The van der Waals surface area contributed by atoms with Gasteiger partial charge >= 0.3 is 6.09 Å². The predicted molar refractivity (Wildman–Crippen MR) is 104 cm³/mol. The topological polar surface area (TPSA) is 94.5 Å². The highest BCUT2D eigenvalue weighted by Crippen LogP contribution is 2.19. The summed E-state index contributed by atoms with van der Waals surface area (Å²) < 4.78 is 11.4. The Hall–Kier alpha value is -3.81. The molecule has 0 atom stereocenters. The number of benzene rings is 2. The van der Waals surface area contributed by atoms with Crippen molar-refractivity contribution in [1.82, 2.24) is 15.1 Å². The molecule has 1 heterocycles. The summed E-state index contributed by atoms with van der Waals surface area (Å²) in [6, 6.07) is 16.5. The summed E-state index contributed by atoms with van der Waals surface area (Å²) in [5.41, 5.74) is 2.50. The van der Waals surface area contributed by atoms with Crippen molar-refractivity contribution >= 4 is 17.7 Å². The van der Waals surface area contributed by atoms with Crippen molar-refractivity contribution in [3.8, 4) is 11.4 Å². The Labute approximate surface area is 162 Å². The SMILES string of the molecule is COC(=O)Nc1ccc(CNC(=O)c2nn(-c3ccccc3)cc2OC)cc1. The molecule has 1 aromatic heterocycles. The van der Waals surface area contributed by atoms with Gasteiger partial charge in [-0.3, -0.25) is 10.1 Å². The molecule has 0 aliphatic carbocycles. The average molecular weight is 380 g/mol. The zero-order valence-corrected chi connectivity index (χ0v) is 15.5. The Morgan fingerprint density at radius 3 is 2.39 bits per heavy atom. The summed E-state index contributed by atoms with van der Waals surface area (Å²) in [7, 11) is 2.79. The first-order chi connectivity index (χ1) is 13.6. The van der Waals surface area contributed by atoms with Crippen molar-refractivity contribution in [2.24, 2.45) is 0 Å². The maximum Gasteiger partial charge on any atom is 0.411 e. The third-order valence-electron chi connectivity index (χ3n) is 3.98. The largest absolute Gasteiger partial charge is 0.493 e. The lowest BCUT2D eigenvalue weighted by Gasteiger charge is -2.07. The van der Waals surface area contributed by atoms with Crippen molar-refractivity contribution in [3.05, 3.63) is 72.1 Å². The molecule has 2 aromatic carbocycles. The molecule has 0 saturated carbocycles. The molecule has 3 aromatic rings. The van der Waals surface area contributed by atoms with Gasteiger partial charge in [-0.15, -0.1) is 0 Å². The van der Waals surface area contributed by atoms with E-state index in [2.05, 4.69) is 20.5 Å². The molecule has 0 saturated heterocycles. The molecule has 0 bridgehead atoms. The fourth-order valence-corrected chi connectivity index (χ4v) is 2.52. The van der Waals surface area contributed by atoms with Crippen LogP contribution in [-0.2, 0) is 11.3 Å². The molecule has 2 N–H and O–H groups in total. The van der Waals surface area contributed by atoms with Gasteiger partial charge in [0.2, 0.25) is 0 Å². The minimum absolute atomic E-state index is 0.204. The van der Waals surface area contributed by atoms with Gasteiger partial charge in [0.25, 0.3) is 5.91 Å². The number of ether oxygens (including phenoxy) is 2. The third-order valence-corrected chi connectivity index (χ3v) is 3.98. The maximum atomic E-state index is 12.6. The molecular weight excluding hydrogens is 360 g/mol. The quantitative estimate of drug-likeness (QED) is 0.686. The molecule has 0 spiro atoms. The molecule has 144 valence electrons. The van der Waals surface area contributed by atoms with Gasteiger partial charge in [0.05, 0.1) is 26.1 Å². The van der Waals surface area contributed by atoms with Crippen LogP contribution < -0.4 is 15.4 Å². The van der Waals surface area contributed by atoms with Crippen LogP contribution >= 0.6 is 0 Å². The van der Waals surface area contributed by atoms with Gasteiger partial charge < -0.3 is 14.8 Å². The van der Waals surface area contributed by atoms with Gasteiger partial charge in [-0.2, -0.15) is 5.10 Å². The number of nitrogens with one attached hydrogen (secondary N) is 2. The van der Waals surface area contributed by atoms with Gasteiger partial charge in [-0.1, -0.05) is 30.3 Å². The number of para-hydroxylation sites is 1. The highest BCUT2D eigenvalue weighted by molar-refractivity contribution is 5.95. The Bertz CT molecular complexity index is 952. The third kappa shape index (κ3) is 4.47. The van der Waals surface area contributed by atoms with E-state index in [1.165, 1.54) is 14.2 Å². The molecule has 2 amide bonds. The Morgan fingerprint density at radius 2 is 1.75 bits per heavy atom. The molecule has 0 fully saturated rings. The van der Waals surface area contributed by atoms with Crippen LogP contribution in [0.25, 0.3) is 5.69 Å². The molecule has 8 nitrogen and oxygen atoms in total. The van der Waals surface area contributed by atoms with E-state index in [1.54, 1.807) is 35.1 Å². The van der Waals surface area contributed by atoms with E-state index < -0.39 is 6.09 Å². The van der Waals surface area contributed by atoms with Crippen LogP contribution in [0.15, 0.2) is 60.8 Å². The molecular formula is C20H20N4O4. The second kappa shape index (κ2) is 8.72. The number of hydrogen-bond acceptors (Lipinski definition) is 5. The number of aromatic nitrogens is 2. The minimum Gasteiger partial charge on any atom is -0.493 e. The van der Waals surface area contributed by atoms with Crippen molar-refractivity contribution in [2.45, 2.75) is 6.54 Å². The monoisotopic (exact) mass is 380 g/mol. The van der Waals surface area contributed by atoms with E-state index in [9.17, 15) is 9.59 Å². The summed E-state index contributed by atoms with van der Waals surface area (Å²) in [5.74, 6) is 0.0438. The van der Waals surface area contributed by atoms with Crippen LogP contribution in [0.1, 0.15) is 16.1 Å². The average Bonchev–Trinajstić information content (AvgIpc) is 3.18. The summed E-state index contributed by atoms with van der Waals surface area (Å²) in [4.78, 5) is 23.7. The number of carbonyl (C=O) groups is 2. The second-order valence-electron chi connectivity index (χ2n) is 5.82. The van der Waals surface area contributed by atoms with Crippen molar-refractivity contribution in [2.75, 3.05) is 19.5 Å². The molecule has 8 heteroatoms. The van der Waals surface area contributed by atoms with Crippen LogP contribution in [0.4, 0.5) is 10.5 Å². The summed E-state index contributed by atoms with van der Waals surface area (Å²) in [6.07, 6.45) is 1.12. The standard InChI is InChI=1S/C20H20N4O4/c1-27-17-13-24(16-6-4-3-5-7-16)23-18(17)19(25)21-12-14-8-10-15(11-9-14)22-20(26)28-2/h3-11,13H,12H2,1-2H3,(H,21,25)(H,22,26). The molecule has 0 radical (unpaired) electrons. The fraction of sp³-hybridized carbons (Fsp3) is 0.150. The van der Waals surface area contributed by atoms with Crippen LogP contribution in [0, 0.1) is 0 Å². The first-order valence-electron chi connectivity index (χ1n) is 8.52. The number of carbonyl (C=O) groups excluding carboxylic acids is 2. The number of rotatable bonds is 6. The number of amides is 2. The lowest BCUT2D eigenvalue weighted by atomic mass is 10.2. The lowest BCUT2D eigenvalue weighted by molar-refractivity contribution is 0.0942. The maximum absolute atomic E-state index is 12.6. The summed E-state index contributed by atoms with van der Waals surface area (Å²) in [6.45, 7) is 0.304. The highest BCUT2D eigenvalue weighted by Gasteiger charge is 2.18. The van der Waals surface area contributed by atoms with Gasteiger partial charge in [0, 0.05) is 12.2 Å². The smallest absolute Gasteiger partial charge is 0.411 e. The predicted octanol–water partition coefficient (Wildman–Crippen LogP) is 2.99. The number of nitrogens with zero attached hydrogens (tertiary/aromatic N) is 2. The van der Waals surface area contributed by atoms with Crippen molar-refractivity contribution in [3.63, 3.8) is 0 Å². The van der Waals surface area contributed by atoms with Crippen molar-refractivity contribution < 1.29 is 19.1 Å². The molecule has 0 unspecified atom stereocenters. The van der Waals surface area contributed by atoms with Gasteiger partial charge in [-0.05, 0) is 29.8 Å². The molecule has 0 aliphatic rings. The first-order valence-corrected chi connectivity index (χ1v) is 8.52. The Balaban J connectivity index is 1.66. The van der Waals surface area contributed by atoms with Gasteiger partial charge in [-0.25, -0.2) is 9.48 Å². The molecule has 28 heavy (non-hydrogen) atoms. The first kappa shape index (κ1) is 19.0. The van der Waals surface area contributed by atoms with Gasteiger partial charge in [0.15, 0.2) is 11.4 Å².